The van der Waals surface area contributed by atoms with Crippen LogP contribution in [0.5, 0.6) is 0 Å². The fourth-order valence-corrected chi connectivity index (χ4v) is 4.68. The molecule has 1 aliphatic heterocycles. The second-order valence-electron chi connectivity index (χ2n) is 7.37. The number of aryl methyl sites for hydroxylation is 1. The number of carboxylic acid groups (broad SMARTS) is 1. The van der Waals surface area contributed by atoms with E-state index in [2.05, 4.69) is 21.9 Å². The van der Waals surface area contributed by atoms with Crippen LogP contribution < -0.4 is 16.1 Å². The van der Waals surface area contributed by atoms with Crippen molar-refractivity contribution in [1.29, 1.82) is 0 Å². The Morgan fingerprint density at radius 1 is 0.933 bits per heavy atom. The van der Waals surface area contributed by atoms with Crippen LogP contribution in [0.2, 0.25) is 0 Å². The van der Waals surface area contributed by atoms with E-state index in [9.17, 15) is 14.4 Å². The first-order valence-electron chi connectivity index (χ1n) is 9.98. The number of hydrogen-bond donors (Lipinski definition) is 1. The van der Waals surface area contributed by atoms with E-state index in [4.69, 9.17) is 5.11 Å². The molecular weight excluding hydrogens is 404 g/mol. The standard InChI is InChI=1S/C21H24N4O4S/c26-19(27)6-7-24-18-15-30-14-17(18)20(28)25(21(24)29)13-10-22-8-11-23(12-9-22)16-4-2-1-3-5-16/h1-5,14-15H,6-13H2,(H,26,27). The van der Waals surface area contributed by atoms with Gasteiger partial charge in [-0.15, -0.1) is 11.3 Å². The van der Waals surface area contributed by atoms with Crippen LogP contribution in [0.1, 0.15) is 6.42 Å². The molecule has 3 aromatic rings. The molecule has 0 atom stereocenters. The molecule has 2 aromatic heterocycles. The Morgan fingerprint density at radius 3 is 2.37 bits per heavy atom. The van der Waals surface area contributed by atoms with Gasteiger partial charge in [-0.3, -0.25) is 23.6 Å². The lowest BCUT2D eigenvalue weighted by Crippen LogP contribution is -2.49. The van der Waals surface area contributed by atoms with Gasteiger partial charge in [-0.25, -0.2) is 4.79 Å². The summed E-state index contributed by atoms with van der Waals surface area (Å²) in [5, 5.41) is 12.9. The molecule has 0 amide bonds. The summed E-state index contributed by atoms with van der Waals surface area (Å²) in [7, 11) is 0. The topological polar surface area (TPSA) is 87.8 Å². The smallest absolute Gasteiger partial charge is 0.331 e. The Hall–Kier alpha value is -2.91. The molecule has 8 nitrogen and oxygen atoms in total. The molecule has 1 aromatic carbocycles. The van der Waals surface area contributed by atoms with Gasteiger partial charge in [0.05, 0.1) is 17.3 Å². The summed E-state index contributed by atoms with van der Waals surface area (Å²) in [6.45, 7) is 4.46. The van der Waals surface area contributed by atoms with E-state index in [1.165, 1.54) is 26.2 Å². The average Bonchev–Trinajstić information content (AvgIpc) is 3.24. The maximum absolute atomic E-state index is 12.9. The molecule has 4 rings (SSSR count). The number of thiophene rings is 1. The lowest BCUT2D eigenvalue weighted by atomic mass is 10.2. The van der Waals surface area contributed by atoms with Gasteiger partial charge in [-0.2, -0.15) is 0 Å². The Bertz CT molecular complexity index is 1140. The molecular formula is C21H24N4O4S. The molecule has 1 N–H and O–H groups in total. The number of fused-ring (bicyclic) bond motifs is 1. The third kappa shape index (κ3) is 4.17. The lowest BCUT2D eigenvalue weighted by molar-refractivity contribution is -0.137. The quantitative estimate of drug-likeness (QED) is 0.614. The summed E-state index contributed by atoms with van der Waals surface area (Å²) in [6, 6.07) is 10.3. The molecule has 0 saturated carbocycles. The zero-order valence-electron chi connectivity index (χ0n) is 16.6. The van der Waals surface area contributed by atoms with Crippen LogP contribution in [0.3, 0.4) is 0 Å². The minimum absolute atomic E-state index is 0.0530. The van der Waals surface area contributed by atoms with Crippen LogP contribution in [0, 0.1) is 0 Å². The second-order valence-corrected chi connectivity index (χ2v) is 8.11. The number of carboxylic acids is 1. The third-order valence-electron chi connectivity index (χ3n) is 5.55. The highest BCUT2D eigenvalue weighted by Crippen LogP contribution is 2.16. The summed E-state index contributed by atoms with van der Waals surface area (Å²) in [5.74, 6) is -0.973. The third-order valence-corrected chi connectivity index (χ3v) is 6.28. The summed E-state index contributed by atoms with van der Waals surface area (Å²) in [5.41, 5.74) is 0.988. The van der Waals surface area contributed by atoms with E-state index in [0.29, 0.717) is 24.0 Å². The van der Waals surface area contributed by atoms with Gasteiger partial charge in [0.25, 0.3) is 5.56 Å². The molecule has 1 aliphatic rings. The van der Waals surface area contributed by atoms with E-state index in [1.807, 2.05) is 18.2 Å². The van der Waals surface area contributed by atoms with Crippen LogP contribution in [0.25, 0.3) is 10.9 Å². The number of benzene rings is 1. The normalized spacial score (nSPS) is 15.0. The zero-order chi connectivity index (χ0) is 21.1. The van der Waals surface area contributed by atoms with Crippen LogP contribution >= 0.6 is 11.3 Å². The first-order valence-corrected chi connectivity index (χ1v) is 10.9. The summed E-state index contributed by atoms with van der Waals surface area (Å²) < 4.78 is 2.66. The van der Waals surface area contributed by atoms with E-state index in [1.54, 1.807) is 10.8 Å². The Balaban J connectivity index is 1.47. The largest absolute Gasteiger partial charge is 0.481 e. The number of carbonyl (C=O) groups is 1. The van der Waals surface area contributed by atoms with Crippen molar-refractivity contribution in [2.45, 2.75) is 19.5 Å². The van der Waals surface area contributed by atoms with Gasteiger partial charge in [-0.05, 0) is 12.1 Å². The summed E-state index contributed by atoms with van der Waals surface area (Å²) in [4.78, 5) is 41.3. The molecule has 3 heterocycles. The number of rotatable bonds is 7. The van der Waals surface area contributed by atoms with Crippen molar-refractivity contribution >= 4 is 33.9 Å². The maximum Gasteiger partial charge on any atom is 0.331 e. The Labute approximate surface area is 177 Å². The van der Waals surface area contributed by atoms with Crippen molar-refractivity contribution in [3.63, 3.8) is 0 Å². The molecule has 1 saturated heterocycles. The highest BCUT2D eigenvalue weighted by atomic mass is 32.1. The number of piperazine rings is 1. The van der Waals surface area contributed by atoms with Crippen LogP contribution in [0.4, 0.5) is 5.69 Å². The Morgan fingerprint density at radius 2 is 1.67 bits per heavy atom. The molecule has 1 fully saturated rings. The highest BCUT2D eigenvalue weighted by molar-refractivity contribution is 7.09. The molecule has 30 heavy (non-hydrogen) atoms. The number of para-hydroxylation sites is 1. The number of anilines is 1. The predicted molar refractivity (Wildman–Crippen MR) is 118 cm³/mol. The van der Waals surface area contributed by atoms with Crippen molar-refractivity contribution in [2.24, 2.45) is 0 Å². The van der Waals surface area contributed by atoms with E-state index < -0.39 is 11.7 Å². The monoisotopic (exact) mass is 428 g/mol. The number of aromatic nitrogens is 2. The number of nitrogens with zero attached hydrogens (tertiary/aromatic N) is 4. The first kappa shape index (κ1) is 20.4. The molecule has 0 unspecified atom stereocenters. The predicted octanol–water partition coefficient (Wildman–Crippen LogP) is 1.52. The maximum atomic E-state index is 12.9. The van der Waals surface area contributed by atoms with Crippen molar-refractivity contribution in [3.8, 4) is 0 Å². The number of aliphatic carboxylic acids is 1. The summed E-state index contributed by atoms with van der Waals surface area (Å²) >= 11 is 1.34. The summed E-state index contributed by atoms with van der Waals surface area (Å²) in [6.07, 6.45) is -0.162. The van der Waals surface area contributed by atoms with Gasteiger partial charge in [0.2, 0.25) is 0 Å². The molecule has 0 bridgehead atoms. The van der Waals surface area contributed by atoms with Crippen LogP contribution in [0.15, 0.2) is 50.7 Å². The molecule has 158 valence electrons. The highest BCUT2D eigenvalue weighted by Gasteiger charge is 2.19. The van der Waals surface area contributed by atoms with Gasteiger partial charge in [-0.1, -0.05) is 18.2 Å². The fraction of sp³-hybridized carbons (Fsp3) is 0.381. The molecule has 0 aliphatic carbocycles. The van der Waals surface area contributed by atoms with Crippen molar-refractivity contribution in [3.05, 3.63) is 61.9 Å². The van der Waals surface area contributed by atoms with Crippen LogP contribution in [-0.2, 0) is 17.9 Å². The second kappa shape index (κ2) is 8.85. The average molecular weight is 429 g/mol. The molecule has 9 heteroatoms. The first-order chi connectivity index (χ1) is 14.5. The Kier molecular flexibility index (Phi) is 6.01. The zero-order valence-corrected chi connectivity index (χ0v) is 17.4. The van der Waals surface area contributed by atoms with Gasteiger partial charge in [0.1, 0.15) is 0 Å². The molecule has 0 radical (unpaired) electrons. The van der Waals surface area contributed by atoms with Gasteiger partial charge in [0.15, 0.2) is 0 Å². The fourth-order valence-electron chi connectivity index (χ4n) is 3.87. The van der Waals surface area contributed by atoms with Crippen molar-refractivity contribution in [1.82, 2.24) is 14.0 Å². The van der Waals surface area contributed by atoms with E-state index in [0.717, 1.165) is 26.2 Å². The van der Waals surface area contributed by atoms with Crippen molar-refractivity contribution < 1.29 is 9.90 Å². The minimum atomic E-state index is -0.973. The minimum Gasteiger partial charge on any atom is -0.481 e. The lowest BCUT2D eigenvalue weighted by Gasteiger charge is -2.36. The van der Waals surface area contributed by atoms with Crippen molar-refractivity contribution in [2.75, 3.05) is 37.6 Å². The van der Waals surface area contributed by atoms with E-state index in [-0.39, 0.29) is 18.5 Å². The van der Waals surface area contributed by atoms with Gasteiger partial charge >= 0.3 is 11.7 Å². The molecule has 0 spiro atoms. The van der Waals surface area contributed by atoms with Crippen LogP contribution in [-0.4, -0.2) is 57.8 Å². The SMILES string of the molecule is O=C(O)CCn1c(=O)n(CCN2CCN(c3ccccc3)CC2)c(=O)c2cscc21. The number of hydrogen-bond acceptors (Lipinski definition) is 6. The van der Waals surface area contributed by atoms with Gasteiger partial charge in [0, 0.05) is 62.3 Å². The van der Waals surface area contributed by atoms with Gasteiger partial charge < -0.3 is 10.0 Å². The van der Waals surface area contributed by atoms with E-state index >= 15 is 0 Å².